The maximum absolute atomic E-state index is 14.1. The molecule has 0 fully saturated rings. The van der Waals surface area contributed by atoms with E-state index in [-0.39, 0.29) is 35.5 Å². The van der Waals surface area contributed by atoms with Crippen molar-refractivity contribution in [3.05, 3.63) is 71.4 Å². The van der Waals surface area contributed by atoms with E-state index in [2.05, 4.69) is 41.1 Å². The van der Waals surface area contributed by atoms with Gasteiger partial charge in [0.15, 0.2) is 0 Å². The first kappa shape index (κ1) is 24.3. The van der Waals surface area contributed by atoms with E-state index in [0.29, 0.717) is 22.6 Å². The van der Waals surface area contributed by atoms with Gasteiger partial charge in [-0.15, -0.1) is 10.2 Å². The molecule has 0 saturated carbocycles. The maximum Gasteiger partial charge on any atom is 0.253 e. The number of fused-ring (bicyclic) bond motifs is 1. The van der Waals surface area contributed by atoms with Crippen LogP contribution >= 0.6 is 0 Å². The predicted molar refractivity (Wildman–Crippen MR) is 133 cm³/mol. The van der Waals surface area contributed by atoms with Crippen LogP contribution in [-0.4, -0.2) is 42.8 Å². The number of rotatable bonds is 8. The molecule has 37 heavy (non-hydrogen) atoms. The molecule has 0 spiro atoms. The minimum absolute atomic E-state index is 0.0142. The smallest absolute Gasteiger partial charge is 0.253 e. The van der Waals surface area contributed by atoms with Gasteiger partial charge in [0, 0.05) is 6.20 Å². The summed E-state index contributed by atoms with van der Waals surface area (Å²) in [5.41, 5.74) is 0.839. The second-order valence-electron chi connectivity index (χ2n) is 9.14. The molecule has 190 valence electrons. The van der Waals surface area contributed by atoms with Crippen molar-refractivity contribution in [2.75, 3.05) is 17.3 Å². The Kier molecular flexibility index (Phi) is 6.25. The summed E-state index contributed by atoms with van der Waals surface area (Å²) in [7, 11) is 0. The molecule has 12 heteroatoms. The summed E-state index contributed by atoms with van der Waals surface area (Å²) < 4.78 is 19.8. The zero-order valence-corrected chi connectivity index (χ0v) is 20.4. The van der Waals surface area contributed by atoms with Crippen molar-refractivity contribution in [3.8, 4) is 11.5 Å². The third-order valence-electron chi connectivity index (χ3n) is 5.80. The van der Waals surface area contributed by atoms with E-state index >= 15 is 0 Å². The molecule has 11 nitrogen and oxygen atoms in total. The van der Waals surface area contributed by atoms with Crippen LogP contribution in [0.3, 0.4) is 0 Å². The lowest BCUT2D eigenvalue weighted by molar-refractivity contribution is 0.0488. The number of nitrogens with one attached hydrogen (secondary N) is 3. The summed E-state index contributed by atoms with van der Waals surface area (Å²) >= 11 is 0. The maximum atomic E-state index is 14.1. The minimum atomic E-state index is -1.35. The lowest BCUT2D eigenvalue weighted by Crippen LogP contribution is -2.16. The van der Waals surface area contributed by atoms with E-state index in [1.54, 1.807) is 24.3 Å². The molecule has 0 radical (unpaired) electrons. The van der Waals surface area contributed by atoms with Crippen LogP contribution in [0.25, 0.3) is 11.5 Å². The first-order chi connectivity index (χ1) is 17.7. The van der Waals surface area contributed by atoms with Crippen molar-refractivity contribution in [2.45, 2.75) is 38.5 Å². The van der Waals surface area contributed by atoms with E-state index in [1.165, 1.54) is 20.0 Å². The SMILES string of the molecule is CC1NC(=O)c2ccc(Nc3ncc(-c4nnc(C(C)(C)O)o4)c(N[C@H](CF)c4ccccc4)n3)nc21. The highest BCUT2D eigenvalue weighted by Crippen LogP contribution is 2.32. The van der Waals surface area contributed by atoms with Crippen LogP contribution in [0, 0.1) is 0 Å². The summed E-state index contributed by atoms with van der Waals surface area (Å²) in [6.07, 6.45) is 1.46. The molecule has 5 rings (SSSR count). The summed E-state index contributed by atoms with van der Waals surface area (Å²) in [5.74, 6) is 0.758. The molecule has 2 atom stereocenters. The van der Waals surface area contributed by atoms with Crippen LogP contribution in [-0.2, 0) is 5.60 Å². The Hall–Kier alpha value is -4.45. The van der Waals surface area contributed by atoms with Crippen LogP contribution in [0.2, 0.25) is 0 Å². The van der Waals surface area contributed by atoms with Crippen molar-refractivity contribution in [2.24, 2.45) is 0 Å². The van der Waals surface area contributed by atoms with Crippen LogP contribution in [0.5, 0.6) is 0 Å². The largest absolute Gasteiger partial charge is 0.417 e. The van der Waals surface area contributed by atoms with Gasteiger partial charge in [-0.25, -0.2) is 14.4 Å². The Bertz CT molecular complexity index is 1440. The zero-order chi connectivity index (χ0) is 26.2. The molecule has 0 bridgehead atoms. The van der Waals surface area contributed by atoms with Crippen LogP contribution in [0.4, 0.5) is 22.0 Å². The lowest BCUT2D eigenvalue weighted by Gasteiger charge is -2.18. The van der Waals surface area contributed by atoms with Gasteiger partial charge < -0.3 is 25.5 Å². The highest BCUT2D eigenvalue weighted by atomic mass is 19.1. The van der Waals surface area contributed by atoms with Gasteiger partial charge in [-0.3, -0.25) is 4.79 Å². The van der Waals surface area contributed by atoms with E-state index < -0.39 is 18.3 Å². The second-order valence-corrected chi connectivity index (χ2v) is 9.14. The molecule has 0 aliphatic carbocycles. The fourth-order valence-corrected chi connectivity index (χ4v) is 3.87. The van der Waals surface area contributed by atoms with Crippen molar-refractivity contribution in [1.82, 2.24) is 30.5 Å². The molecule has 3 aromatic heterocycles. The highest BCUT2D eigenvalue weighted by molar-refractivity contribution is 5.98. The molecule has 1 unspecified atom stereocenters. The predicted octanol–water partition coefficient (Wildman–Crippen LogP) is 3.82. The summed E-state index contributed by atoms with van der Waals surface area (Å²) in [5, 5.41) is 27.1. The normalized spacial score (nSPS) is 15.7. The number of anilines is 3. The van der Waals surface area contributed by atoms with Gasteiger partial charge in [0.25, 0.3) is 11.8 Å². The molecule has 0 saturated heterocycles. The average Bonchev–Trinajstić information content (AvgIpc) is 3.48. The Morgan fingerprint density at radius 1 is 1.14 bits per heavy atom. The van der Waals surface area contributed by atoms with Crippen LogP contribution in [0.15, 0.2) is 53.1 Å². The number of aliphatic hydroxyl groups is 1. The fraction of sp³-hybridized carbons (Fsp3) is 0.280. The van der Waals surface area contributed by atoms with Gasteiger partial charge >= 0.3 is 0 Å². The number of alkyl halides is 1. The number of carbonyl (C=O) groups is 1. The van der Waals surface area contributed by atoms with Crippen molar-refractivity contribution in [1.29, 1.82) is 0 Å². The first-order valence-electron chi connectivity index (χ1n) is 11.6. The Balaban J connectivity index is 1.51. The molecule has 1 aliphatic heterocycles. The first-order valence-corrected chi connectivity index (χ1v) is 11.6. The Morgan fingerprint density at radius 3 is 2.62 bits per heavy atom. The number of pyridine rings is 1. The molecule has 4 aromatic rings. The van der Waals surface area contributed by atoms with Crippen LogP contribution in [0.1, 0.15) is 60.4 Å². The molecular weight excluding hydrogens is 479 g/mol. The summed E-state index contributed by atoms with van der Waals surface area (Å²) in [6.45, 7) is 4.19. The average molecular weight is 505 g/mol. The van der Waals surface area contributed by atoms with E-state index in [9.17, 15) is 14.3 Å². The summed E-state index contributed by atoms with van der Waals surface area (Å²) in [6, 6.07) is 11.5. The number of halogens is 1. The van der Waals surface area contributed by atoms with Crippen molar-refractivity contribution >= 4 is 23.5 Å². The van der Waals surface area contributed by atoms with Crippen molar-refractivity contribution in [3.63, 3.8) is 0 Å². The van der Waals surface area contributed by atoms with Crippen molar-refractivity contribution < 1.29 is 18.7 Å². The summed E-state index contributed by atoms with van der Waals surface area (Å²) in [4.78, 5) is 25.4. The molecular formula is C25H25FN8O3. The zero-order valence-electron chi connectivity index (χ0n) is 20.4. The monoisotopic (exact) mass is 504 g/mol. The number of hydrogen-bond acceptors (Lipinski definition) is 10. The number of benzene rings is 1. The van der Waals surface area contributed by atoms with Gasteiger partial charge in [0.05, 0.1) is 28.9 Å². The molecule has 4 N–H and O–H groups in total. The Morgan fingerprint density at radius 2 is 1.92 bits per heavy atom. The van der Waals surface area contributed by atoms with E-state index in [0.717, 1.165) is 5.56 Å². The fourth-order valence-electron chi connectivity index (χ4n) is 3.87. The van der Waals surface area contributed by atoms with Crippen LogP contribution < -0.4 is 16.0 Å². The Labute approximate surface area is 211 Å². The van der Waals surface area contributed by atoms with E-state index in [4.69, 9.17) is 4.42 Å². The van der Waals surface area contributed by atoms with Gasteiger partial charge in [-0.2, -0.15) is 4.98 Å². The van der Waals surface area contributed by atoms with Gasteiger partial charge in [0.2, 0.25) is 11.8 Å². The minimum Gasteiger partial charge on any atom is -0.417 e. The number of amides is 1. The van der Waals surface area contributed by atoms with E-state index in [1.807, 2.05) is 25.1 Å². The molecule has 1 amide bonds. The molecule has 1 aliphatic rings. The lowest BCUT2D eigenvalue weighted by atomic mass is 10.1. The highest BCUT2D eigenvalue weighted by Gasteiger charge is 2.28. The van der Waals surface area contributed by atoms with Gasteiger partial charge in [-0.05, 0) is 38.5 Å². The number of carbonyl (C=O) groups excluding carboxylic acids is 1. The third kappa shape index (κ3) is 4.96. The number of hydrogen-bond donors (Lipinski definition) is 4. The number of aromatic nitrogens is 5. The standard InChI is InChI=1S/C25H25FN8O3/c1-13-19-15(21(35)28-13)9-10-18(30-19)31-24-27-12-16(22-33-34-23(37-22)25(2,3)36)20(32-24)29-17(11-26)14-7-5-4-6-8-14/h4-10,12-13,17,36H,11H2,1-3H3,(H,28,35)(H2,27,29,30,31,32)/t13?,17-/m1/s1. The topological polar surface area (TPSA) is 151 Å². The number of nitrogens with zero attached hydrogens (tertiary/aromatic N) is 5. The molecule has 4 heterocycles. The van der Waals surface area contributed by atoms with Gasteiger partial charge in [-0.1, -0.05) is 30.3 Å². The second kappa shape index (κ2) is 9.54. The molecule has 1 aromatic carbocycles. The quantitative estimate of drug-likeness (QED) is 0.279. The third-order valence-corrected chi connectivity index (χ3v) is 5.80. The van der Waals surface area contributed by atoms with Gasteiger partial charge in [0.1, 0.15) is 23.9 Å².